The van der Waals surface area contributed by atoms with Crippen molar-refractivity contribution >= 4 is 16.9 Å². The summed E-state index contributed by atoms with van der Waals surface area (Å²) in [5.41, 5.74) is 0.856. The fourth-order valence-corrected chi connectivity index (χ4v) is 4.77. The van der Waals surface area contributed by atoms with Crippen molar-refractivity contribution in [2.75, 3.05) is 0 Å². The summed E-state index contributed by atoms with van der Waals surface area (Å²) in [6.45, 7) is 6.62. The first kappa shape index (κ1) is 20.4. The molecule has 1 heterocycles. The molecular formula is C26H28O4. The predicted octanol–water partition coefficient (Wildman–Crippen LogP) is 5.73. The van der Waals surface area contributed by atoms with E-state index in [1.165, 1.54) is 5.56 Å². The maximum absolute atomic E-state index is 13.0. The average Bonchev–Trinajstić information content (AvgIpc) is 2.73. The molecule has 1 aliphatic rings. The molecule has 1 aliphatic carbocycles. The lowest BCUT2D eigenvalue weighted by atomic mass is 9.64. The molecule has 4 nitrogen and oxygen atoms in total. The Bertz CT molecular complexity index is 1100. The van der Waals surface area contributed by atoms with E-state index in [-0.39, 0.29) is 23.0 Å². The van der Waals surface area contributed by atoms with Crippen molar-refractivity contribution in [1.29, 1.82) is 0 Å². The first-order chi connectivity index (χ1) is 14.4. The number of rotatable bonds is 4. The van der Waals surface area contributed by atoms with Gasteiger partial charge in [-0.3, -0.25) is 0 Å². The van der Waals surface area contributed by atoms with Crippen LogP contribution in [-0.2, 0) is 10.2 Å². The van der Waals surface area contributed by atoms with Gasteiger partial charge in [0.05, 0.1) is 0 Å². The molecule has 2 aromatic carbocycles. The van der Waals surface area contributed by atoms with Crippen LogP contribution in [0.15, 0.2) is 69.9 Å². The Labute approximate surface area is 176 Å². The van der Waals surface area contributed by atoms with Crippen molar-refractivity contribution in [2.45, 2.75) is 51.6 Å². The highest BCUT2D eigenvalue weighted by molar-refractivity contribution is 5.92. The van der Waals surface area contributed by atoms with E-state index in [1.807, 2.05) is 30.3 Å². The van der Waals surface area contributed by atoms with Gasteiger partial charge in [-0.15, -0.1) is 0 Å². The van der Waals surface area contributed by atoms with Gasteiger partial charge in [0.15, 0.2) is 0 Å². The second kappa shape index (κ2) is 8.10. The second-order valence-electron chi connectivity index (χ2n) is 9.04. The maximum atomic E-state index is 13.0. The minimum Gasteiger partial charge on any atom is -0.458 e. The van der Waals surface area contributed by atoms with Crippen molar-refractivity contribution in [1.82, 2.24) is 0 Å². The van der Waals surface area contributed by atoms with Crippen LogP contribution in [0.4, 0.5) is 0 Å². The second-order valence-corrected chi connectivity index (χ2v) is 9.04. The summed E-state index contributed by atoms with van der Waals surface area (Å²) in [6, 6.07) is 19.1. The number of fused-ring (bicyclic) bond motifs is 1. The summed E-state index contributed by atoms with van der Waals surface area (Å²) < 4.78 is 11.3. The van der Waals surface area contributed by atoms with Crippen molar-refractivity contribution in [3.63, 3.8) is 0 Å². The van der Waals surface area contributed by atoms with Crippen LogP contribution in [0.3, 0.4) is 0 Å². The van der Waals surface area contributed by atoms with E-state index in [9.17, 15) is 9.59 Å². The molecule has 1 fully saturated rings. The Balaban J connectivity index is 1.63. The Kier molecular flexibility index (Phi) is 5.50. The number of esters is 1. The highest BCUT2D eigenvalue weighted by atomic mass is 16.5. The summed E-state index contributed by atoms with van der Waals surface area (Å²) >= 11 is 0. The highest BCUT2D eigenvalue weighted by Gasteiger charge is 2.42. The summed E-state index contributed by atoms with van der Waals surface area (Å²) in [7, 11) is 0. The molecule has 0 aliphatic heterocycles. The van der Waals surface area contributed by atoms with Gasteiger partial charge in [0, 0.05) is 11.3 Å². The molecule has 1 saturated carbocycles. The minimum atomic E-state index is -0.651. The smallest absolute Gasteiger partial charge is 0.351 e. The molecule has 3 atom stereocenters. The third kappa shape index (κ3) is 3.91. The van der Waals surface area contributed by atoms with E-state index in [0.29, 0.717) is 16.9 Å². The molecule has 4 heteroatoms. The van der Waals surface area contributed by atoms with Crippen LogP contribution in [0.1, 0.15) is 56.0 Å². The number of hydrogen-bond donors (Lipinski definition) is 0. The lowest BCUT2D eigenvalue weighted by molar-refractivity contribution is -0.0239. The maximum Gasteiger partial charge on any atom is 0.351 e. The standard InChI is InChI=1S/C26H28O4/c1-17-13-14-21(26(2,3)19-10-5-4-6-11-19)23(15-17)30-25(28)20-16-18-9-7-8-12-22(18)29-24(20)27/h4-12,16-17,21,23H,13-15H2,1-3H3/t17-,21-,23-/m1/s1. The van der Waals surface area contributed by atoms with E-state index in [1.54, 1.807) is 18.2 Å². The van der Waals surface area contributed by atoms with Crippen molar-refractivity contribution in [3.8, 4) is 0 Å². The summed E-state index contributed by atoms with van der Waals surface area (Å²) in [5, 5.41) is 0.710. The highest BCUT2D eigenvalue weighted by Crippen LogP contribution is 2.43. The Morgan fingerprint density at radius 3 is 2.50 bits per heavy atom. The Hall–Kier alpha value is -2.88. The molecule has 0 spiro atoms. The summed E-state index contributed by atoms with van der Waals surface area (Å²) in [6.07, 6.45) is 2.63. The third-order valence-electron chi connectivity index (χ3n) is 6.62. The number of carbonyl (C=O) groups is 1. The molecule has 0 amide bonds. The first-order valence-corrected chi connectivity index (χ1v) is 10.7. The van der Waals surface area contributed by atoms with Crippen LogP contribution >= 0.6 is 0 Å². The largest absolute Gasteiger partial charge is 0.458 e. The van der Waals surface area contributed by atoms with Gasteiger partial charge in [0.2, 0.25) is 0 Å². The molecule has 0 saturated heterocycles. The molecule has 0 bridgehead atoms. The van der Waals surface area contributed by atoms with E-state index in [4.69, 9.17) is 9.15 Å². The minimum absolute atomic E-state index is 0.0387. The molecular weight excluding hydrogens is 376 g/mol. The number of hydrogen-bond acceptors (Lipinski definition) is 4. The third-order valence-corrected chi connectivity index (χ3v) is 6.62. The molecule has 4 rings (SSSR count). The van der Waals surface area contributed by atoms with Gasteiger partial charge in [-0.05, 0) is 41.9 Å². The van der Waals surface area contributed by atoms with E-state index >= 15 is 0 Å². The molecule has 156 valence electrons. The lowest BCUT2D eigenvalue weighted by Crippen LogP contribution is -2.43. The molecule has 0 N–H and O–H groups in total. The number of carbonyl (C=O) groups excluding carboxylic acids is 1. The molecule has 3 aromatic rings. The van der Waals surface area contributed by atoms with Crippen molar-refractivity contribution in [2.24, 2.45) is 11.8 Å². The number of benzene rings is 2. The molecule has 30 heavy (non-hydrogen) atoms. The van der Waals surface area contributed by atoms with E-state index in [0.717, 1.165) is 19.3 Å². The Morgan fingerprint density at radius 2 is 1.73 bits per heavy atom. The van der Waals surface area contributed by atoms with Crippen LogP contribution < -0.4 is 5.63 Å². The van der Waals surface area contributed by atoms with Crippen molar-refractivity contribution < 1.29 is 13.9 Å². The van der Waals surface area contributed by atoms with Crippen LogP contribution in [-0.4, -0.2) is 12.1 Å². The normalized spacial score (nSPS) is 22.0. The van der Waals surface area contributed by atoms with Gasteiger partial charge >= 0.3 is 11.6 Å². The topological polar surface area (TPSA) is 56.5 Å². The van der Waals surface area contributed by atoms with E-state index in [2.05, 4.69) is 32.9 Å². The zero-order valence-electron chi connectivity index (χ0n) is 17.8. The average molecular weight is 405 g/mol. The van der Waals surface area contributed by atoms with Gasteiger partial charge in [0.1, 0.15) is 17.3 Å². The van der Waals surface area contributed by atoms with Crippen molar-refractivity contribution in [3.05, 3.63) is 82.2 Å². The molecule has 0 radical (unpaired) electrons. The van der Waals surface area contributed by atoms with Crippen LogP contribution in [0.25, 0.3) is 11.0 Å². The van der Waals surface area contributed by atoms with Crippen LogP contribution in [0.5, 0.6) is 0 Å². The fraction of sp³-hybridized carbons (Fsp3) is 0.385. The summed E-state index contributed by atoms with van der Waals surface area (Å²) in [5.74, 6) is 0.0497. The SMILES string of the molecule is C[C@@H]1CC[C@@H](C(C)(C)c2ccccc2)[C@H](OC(=O)c2cc3ccccc3oc2=O)C1. The zero-order chi connectivity index (χ0) is 21.3. The lowest BCUT2D eigenvalue weighted by Gasteiger charge is -2.43. The van der Waals surface area contributed by atoms with Gasteiger partial charge in [-0.1, -0.05) is 75.7 Å². The molecule has 1 aromatic heterocycles. The van der Waals surface area contributed by atoms with Crippen LogP contribution in [0, 0.1) is 11.8 Å². The van der Waals surface area contributed by atoms with E-state index < -0.39 is 11.6 Å². The fourth-order valence-electron chi connectivity index (χ4n) is 4.77. The van der Waals surface area contributed by atoms with Gasteiger partial charge in [-0.2, -0.15) is 0 Å². The number of para-hydroxylation sites is 1. The van der Waals surface area contributed by atoms with Gasteiger partial charge in [0.25, 0.3) is 0 Å². The predicted molar refractivity (Wildman–Crippen MR) is 118 cm³/mol. The monoisotopic (exact) mass is 404 g/mol. The van der Waals surface area contributed by atoms with Crippen LogP contribution in [0.2, 0.25) is 0 Å². The molecule has 0 unspecified atom stereocenters. The number of ether oxygens (including phenoxy) is 1. The summed E-state index contributed by atoms with van der Waals surface area (Å²) in [4.78, 5) is 25.4. The quantitative estimate of drug-likeness (QED) is 0.411. The zero-order valence-corrected chi connectivity index (χ0v) is 17.8. The first-order valence-electron chi connectivity index (χ1n) is 10.7. The van der Waals surface area contributed by atoms with Gasteiger partial charge < -0.3 is 9.15 Å². The Morgan fingerprint density at radius 1 is 1.03 bits per heavy atom. The van der Waals surface area contributed by atoms with Gasteiger partial charge in [-0.25, -0.2) is 9.59 Å².